The van der Waals surface area contributed by atoms with Crippen molar-refractivity contribution in [1.82, 2.24) is 20.1 Å². The standard InChI is InChI=1S/C14H19N5O4S/c1-18-10(4-6-16-18)8-15-14(21)12-2-3-13(20)19(17-12)11-5-7-24(22,23)9-11/h4,6,11H,2-3,5,7-9H2,1H3,(H,15,21)/t11-/m0/s1. The topological polar surface area (TPSA) is 114 Å². The molecule has 3 heterocycles. The van der Waals surface area contributed by atoms with Crippen LogP contribution in [-0.4, -0.2) is 58.3 Å². The van der Waals surface area contributed by atoms with E-state index in [1.165, 1.54) is 5.01 Å². The third kappa shape index (κ3) is 3.48. The summed E-state index contributed by atoms with van der Waals surface area (Å²) >= 11 is 0. The summed E-state index contributed by atoms with van der Waals surface area (Å²) in [6, 6.07) is 1.32. The Labute approximate surface area is 139 Å². The van der Waals surface area contributed by atoms with E-state index < -0.39 is 15.9 Å². The molecule has 1 aromatic rings. The summed E-state index contributed by atoms with van der Waals surface area (Å²) in [4.78, 5) is 24.3. The van der Waals surface area contributed by atoms with Crippen molar-refractivity contribution in [2.45, 2.75) is 31.8 Å². The maximum absolute atomic E-state index is 12.3. The lowest BCUT2D eigenvalue weighted by Crippen LogP contribution is -2.43. The fourth-order valence-electron chi connectivity index (χ4n) is 2.84. The van der Waals surface area contributed by atoms with E-state index in [0.717, 1.165) is 5.69 Å². The average Bonchev–Trinajstić information content (AvgIpc) is 3.10. The number of amides is 2. The summed E-state index contributed by atoms with van der Waals surface area (Å²) in [6.07, 6.45) is 2.42. The molecule has 1 aromatic heterocycles. The summed E-state index contributed by atoms with van der Waals surface area (Å²) in [6.45, 7) is 0.306. The van der Waals surface area contributed by atoms with Gasteiger partial charge in [-0.25, -0.2) is 13.4 Å². The van der Waals surface area contributed by atoms with Crippen molar-refractivity contribution in [3.8, 4) is 0 Å². The second kappa shape index (κ2) is 6.34. The van der Waals surface area contributed by atoms with Crippen LogP contribution >= 0.6 is 0 Å². The van der Waals surface area contributed by atoms with E-state index in [0.29, 0.717) is 13.0 Å². The van der Waals surface area contributed by atoms with Crippen LogP contribution in [-0.2, 0) is 33.0 Å². The van der Waals surface area contributed by atoms with E-state index in [-0.39, 0.29) is 41.9 Å². The van der Waals surface area contributed by atoms with Gasteiger partial charge in [0, 0.05) is 26.1 Å². The monoisotopic (exact) mass is 353 g/mol. The van der Waals surface area contributed by atoms with Gasteiger partial charge < -0.3 is 5.32 Å². The summed E-state index contributed by atoms with van der Waals surface area (Å²) in [7, 11) is -1.35. The smallest absolute Gasteiger partial charge is 0.267 e. The molecule has 130 valence electrons. The quantitative estimate of drug-likeness (QED) is 0.761. The second-order valence-electron chi connectivity index (χ2n) is 5.97. The molecular formula is C14H19N5O4S. The Morgan fingerprint density at radius 3 is 2.83 bits per heavy atom. The molecule has 0 unspecified atom stereocenters. The number of hydrogen-bond acceptors (Lipinski definition) is 6. The molecular weight excluding hydrogens is 334 g/mol. The number of nitrogens with zero attached hydrogens (tertiary/aromatic N) is 4. The van der Waals surface area contributed by atoms with Crippen molar-refractivity contribution >= 4 is 27.4 Å². The average molecular weight is 353 g/mol. The lowest BCUT2D eigenvalue weighted by atomic mass is 10.1. The molecule has 0 spiro atoms. The number of aryl methyl sites for hydroxylation is 1. The van der Waals surface area contributed by atoms with E-state index >= 15 is 0 Å². The first kappa shape index (κ1) is 16.6. The minimum atomic E-state index is -3.12. The van der Waals surface area contributed by atoms with E-state index in [1.807, 2.05) is 0 Å². The van der Waals surface area contributed by atoms with Crippen molar-refractivity contribution in [1.29, 1.82) is 0 Å². The molecule has 3 rings (SSSR count). The van der Waals surface area contributed by atoms with Crippen LogP contribution in [0.2, 0.25) is 0 Å². The molecule has 24 heavy (non-hydrogen) atoms. The molecule has 0 aliphatic carbocycles. The first-order valence-corrected chi connectivity index (χ1v) is 9.53. The highest BCUT2D eigenvalue weighted by Gasteiger charge is 2.37. The molecule has 2 aliphatic heterocycles. The molecule has 1 saturated heterocycles. The van der Waals surface area contributed by atoms with E-state index in [4.69, 9.17) is 0 Å². The number of aromatic nitrogens is 2. The molecule has 0 radical (unpaired) electrons. The van der Waals surface area contributed by atoms with Crippen LogP contribution in [0.4, 0.5) is 0 Å². The SMILES string of the molecule is Cn1nccc1CNC(=O)C1=NN([C@H]2CCS(=O)(=O)C2)C(=O)CC1. The van der Waals surface area contributed by atoms with Gasteiger partial charge in [0.2, 0.25) is 5.91 Å². The highest BCUT2D eigenvalue weighted by molar-refractivity contribution is 7.91. The number of rotatable bonds is 4. The minimum Gasteiger partial charge on any atom is -0.345 e. The molecule has 0 aromatic carbocycles. The van der Waals surface area contributed by atoms with Gasteiger partial charge in [-0.05, 0) is 12.5 Å². The van der Waals surface area contributed by atoms with Crippen molar-refractivity contribution < 1.29 is 18.0 Å². The summed E-state index contributed by atoms with van der Waals surface area (Å²) < 4.78 is 24.8. The minimum absolute atomic E-state index is 0.0545. The molecule has 1 fully saturated rings. The maximum atomic E-state index is 12.3. The highest BCUT2D eigenvalue weighted by Crippen LogP contribution is 2.22. The normalized spacial score (nSPS) is 23.2. The van der Waals surface area contributed by atoms with Crippen molar-refractivity contribution in [3.05, 3.63) is 18.0 Å². The Balaban J connectivity index is 1.68. The van der Waals surface area contributed by atoms with Gasteiger partial charge >= 0.3 is 0 Å². The summed E-state index contributed by atoms with van der Waals surface area (Å²) in [5.74, 6) is -0.625. The van der Waals surface area contributed by atoms with Crippen LogP contribution in [0.5, 0.6) is 0 Å². The first-order valence-electron chi connectivity index (χ1n) is 7.71. The van der Waals surface area contributed by atoms with Gasteiger partial charge in [0.15, 0.2) is 9.84 Å². The third-order valence-electron chi connectivity index (χ3n) is 4.23. The number of hydrazone groups is 1. The van der Waals surface area contributed by atoms with Gasteiger partial charge in [-0.1, -0.05) is 0 Å². The zero-order valence-electron chi connectivity index (χ0n) is 13.3. The summed E-state index contributed by atoms with van der Waals surface area (Å²) in [5, 5.41) is 12.1. The number of nitrogens with one attached hydrogen (secondary N) is 1. The second-order valence-corrected chi connectivity index (χ2v) is 8.20. The van der Waals surface area contributed by atoms with Gasteiger partial charge in [-0.2, -0.15) is 10.2 Å². The van der Waals surface area contributed by atoms with Gasteiger partial charge in [0.1, 0.15) is 5.71 Å². The van der Waals surface area contributed by atoms with Crippen LogP contribution in [0.25, 0.3) is 0 Å². The lowest BCUT2D eigenvalue weighted by Gasteiger charge is -2.27. The molecule has 1 N–H and O–H groups in total. The molecule has 2 aliphatic rings. The number of hydrogen-bond donors (Lipinski definition) is 1. The van der Waals surface area contributed by atoms with Crippen LogP contribution in [0.3, 0.4) is 0 Å². The van der Waals surface area contributed by atoms with Crippen LogP contribution < -0.4 is 5.32 Å². The van der Waals surface area contributed by atoms with Gasteiger partial charge in [0.05, 0.1) is 29.8 Å². The van der Waals surface area contributed by atoms with Crippen molar-refractivity contribution in [2.75, 3.05) is 11.5 Å². The van der Waals surface area contributed by atoms with Gasteiger partial charge in [-0.3, -0.25) is 14.3 Å². The first-order chi connectivity index (χ1) is 11.4. The zero-order chi connectivity index (χ0) is 17.3. The summed E-state index contributed by atoms with van der Waals surface area (Å²) in [5.41, 5.74) is 1.09. The molecule has 9 nitrogen and oxygen atoms in total. The zero-order valence-corrected chi connectivity index (χ0v) is 14.1. The molecule has 0 saturated carbocycles. The van der Waals surface area contributed by atoms with Gasteiger partial charge in [-0.15, -0.1) is 0 Å². The molecule has 1 atom stereocenters. The number of carbonyl (C=O) groups excluding carboxylic acids is 2. The van der Waals surface area contributed by atoms with Crippen molar-refractivity contribution in [2.24, 2.45) is 12.1 Å². The number of sulfone groups is 1. The van der Waals surface area contributed by atoms with E-state index in [2.05, 4.69) is 15.5 Å². The Hall–Kier alpha value is -2.23. The molecule has 0 bridgehead atoms. The Morgan fingerprint density at radius 1 is 1.42 bits per heavy atom. The van der Waals surface area contributed by atoms with Crippen molar-refractivity contribution in [3.63, 3.8) is 0 Å². The van der Waals surface area contributed by atoms with Crippen LogP contribution in [0.15, 0.2) is 17.4 Å². The van der Waals surface area contributed by atoms with Gasteiger partial charge in [0.25, 0.3) is 5.91 Å². The molecule has 2 amide bonds. The largest absolute Gasteiger partial charge is 0.345 e. The van der Waals surface area contributed by atoms with E-state index in [1.54, 1.807) is 24.0 Å². The predicted molar refractivity (Wildman–Crippen MR) is 85.6 cm³/mol. The van der Waals surface area contributed by atoms with E-state index in [9.17, 15) is 18.0 Å². The maximum Gasteiger partial charge on any atom is 0.267 e. The highest BCUT2D eigenvalue weighted by atomic mass is 32.2. The molecule has 10 heteroatoms. The fourth-order valence-corrected chi connectivity index (χ4v) is 4.53. The Bertz CT molecular complexity index is 798. The Kier molecular flexibility index (Phi) is 4.39. The van der Waals surface area contributed by atoms with Crippen LogP contribution in [0, 0.1) is 0 Å². The Morgan fingerprint density at radius 2 is 2.21 bits per heavy atom. The number of carbonyl (C=O) groups is 2. The lowest BCUT2D eigenvalue weighted by molar-refractivity contribution is -0.133. The predicted octanol–water partition coefficient (Wildman–Crippen LogP) is -0.798. The third-order valence-corrected chi connectivity index (χ3v) is 5.98. The fraction of sp³-hybridized carbons (Fsp3) is 0.571. The van der Waals surface area contributed by atoms with Crippen LogP contribution in [0.1, 0.15) is 25.0 Å².